The molecule has 0 aliphatic carbocycles. The van der Waals surface area contributed by atoms with Gasteiger partial charge in [-0.3, -0.25) is 0 Å². The van der Waals surface area contributed by atoms with E-state index < -0.39 is 0 Å². The summed E-state index contributed by atoms with van der Waals surface area (Å²) in [6.07, 6.45) is 4.48. The Balaban J connectivity index is 2.01. The minimum absolute atomic E-state index is 0.629. The normalized spacial score (nSPS) is 11.8. The maximum absolute atomic E-state index is 5.67. The lowest BCUT2D eigenvalue weighted by molar-refractivity contribution is 0.578. The Hall–Kier alpha value is -2.20. The second kappa shape index (κ2) is 5.46. The molecule has 0 amide bonds. The van der Waals surface area contributed by atoms with Crippen LogP contribution < -0.4 is 0 Å². The Labute approximate surface area is 139 Å². The van der Waals surface area contributed by atoms with Gasteiger partial charge in [-0.1, -0.05) is 32.0 Å². The summed E-state index contributed by atoms with van der Waals surface area (Å²) in [4.78, 5) is 9.02. The standard InChI is InChI=1S/C19H18N2OS/c1-11(2)7-13-5-4-6-14-16-19(23-18(13)14)17(21-10-20-16)15-8-12(3)9-22-15/h4-6,8-11H,7H2,1-3H3. The van der Waals surface area contributed by atoms with Crippen LogP contribution in [0.1, 0.15) is 25.0 Å². The summed E-state index contributed by atoms with van der Waals surface area (Å²) in [7, 11) is 0. The topological polar surface area (TPSA) is 38.9 Å². The molecule has 0 radical (unpaired) electrons. The van der Waals surface area contributed by atoms with Gasteiger partial charge in [0.25, 0.3) is 0 Å². The van der Waals surface area contributed by atoms with Gasteiger partial charge in [0.15, 0.2) is 5.76 Å². The Morgan fingerprint density at radius 1 is 1.17 bits per heavy atom. The van der Waals surface area contributed by atoms with Gasteiger partial charge in [-0.2, -0.15) is 0 Å². The molecule has 3 heterocycles. The Morgan fingerprint density at radius 3 is 2.78 bits per heavy atom. The summed E-state index contributed by atoms with van der Waals surface area (Å²) in [5.74, 6) is 1.44. The van der Waals surface area contributed by atoms with Crippen LogP contribution in [0.4, 0.5) is 0 Å². The smallest absolute Gasteiger partial charge is 0.154 e. The van der Waals surface area contributed by atoms with E-state index in [0.717, 1.165) is 33.7 Å². The monoisotopic (exact) mass is 322 g/mol. The predicted octanol–water partition coefficient (Wildman–Crippen LogP) is 5.61. The van der Waals surface area contributed by atoms with Gasteiger partial charge in [-0.15, -0.1) is 11.3 Å². The lowest BCUT2D eigenvalue weighted by Gasteiger charge is -2.05. The zero-order valence-corrected chi connectivity index (χ0v) is 14.3. The van der Waals surface area contributed by atoms with Crippen molar-refractivity contribution in [3.05, 3.63) is 48.0 Å². The van der Waals surface area contributed by atoms with Crippen molar-refractivity contribution in [3.63, 3.8) is 0 Å². The van der Waals surface area contributed by atoms with E-state index >= 15 is 0 Å². The molecule has 3 nitrogen and oxygen atoms in total. The largest absolute Gasteiger partial charge is 0.462 e. The molecule has 23 heavy (non-hydrogen) atoms. The molecule has 4 aromatic rings. The number of aryl methyl sites for hydroxylation is 1. The minimum atomic E-state index is 0.629. The van der Waals surface area contributed by atoms with Crippen molar-refractivity contribution in [2.75, 3.05) is 0 Å². The maximum atomic E-state index is 5.67. The number of rotatable bonds is 3. The van der Waals surface area contributed by atoms with Gasteiger partial charge >= 0.3 is 0 Å². The summed E-state index contributed by atoms with van der Waals surface area (Å²) in [6.45, 7) is 6.53. The first kappa shape index (κ1) is 14.4. The number of benzene rings is 1. The van der Waals surface area contributed by atoms with Crippen molar-refractivity contribution in [3.8, 4) is 11.5 Å². The molecule has 0 saturated carbocycles. The number of thiophene rings is 1. The summed E-state index contributed by atoms with van der Waals surface area (Å²) in [6, 6.07) is 8.54. The number of hydrogen-bond acceptors (Lipinski definition) is 4. The summed E-state index contributed by atoms with van der Waals surface area (Å²) in [5, 5.41) is 1.22. The summed E-state index contributed by atoms with van der Waals surface area (Å²) < 4.78 is 8.09. The van der Waals surface area contributed by atoms with Crippen LogP contribution in [0.2, 0.25) is 0 Å². The zero-order chi connectivity index (χ0) is 16.0. The third kappa shape index (κ3) is 2.43. The molecule has 0 N–H and O–H groups in total. The highest BCUT2D eigenvalue weighted by atomic mass is 32.1. The molecule has 0 fully saturated rings. The lowest BCUT2D eigenvalue weighted by Crippen LogP contribution is -1.93. The van der Waals surface area contributed by atoms with E-state index in [0.29, 0.717) is 5.92 Å². The van der Waals surface area contributed by atoms with Crippen LogP contribution in [0.5, 0.6) is 0 Å². The molecule has 0 unspecified atom stereocenters. The average molecular weight is 322 g/mol. The average Bonchev–Trinajstić information content (AvgIpc) is 3.11. The first-order chi connectivity index (χ1) is 11.1. The molecular formula is C19H18N2OS. The van der Waals surface area contributed by atoms with E-state index in [1.807, 2.05) is 13.0 Å². The van der Waals surface area contributed by atoms with Crippen LogP contribution in [0.25, 0.3) is 31.8 Å². The molecule has 3 aromatic heterocycles. The second-order valence-corrected chi connectivity index (χ2v) is 7.40. The van der Waals surface area contributed by atoms with Crippen LogP contribution in [-0.2, 0) is 6.42 Å². The van der Waals surface area contributed by atoms with Crippen molar-refractivity contribution < 1.29 is 4.42 Å². The van der Waals surface area contributed by atoms with Crippen molar-refractivity contribution >= 4 is 31.6 Å². The lowest BCUT2D eigenvalue weighted by atomic mass is 10.0. The summed E-state index contributed by atoms with van der Waals surface area (Å²) >= 11 is 1.78. The number of hydrogen-bond donors (Lipinski definition) is 0. The van der Waals surface area contributed by atoms with Crippen LogP contribution in [0, 0.1) is 12.8 Å². The SMILES string of the molecule is Cc1coc(-c2ncnc3c2sc2c(CC(C)C)cccc23)c1. The molecule has 0 bridgehead atoms. The molecule has 0 atom stereocenters. The van der Waals surface area contributed by atoms with Gasteiger partial charge in [-0.25, -0.2) is 9.97 Å². The van der Waals surface area contributed by atoms with Crippen LogP contribution >= 0.6 is 11.3 Å². The van der Waals surface area contributed by atoms with Crippen molar-refractivity contribution in [2.24, 2.45) is 5.92 Å². The molecule has 0 spiro atoms. The Bertz CT molecular complexity index is 997. The first-order valence-electron chi connectivity index (χ1n) is 7.84. The quantitative estimate of drug-likeness (QED) is 0.492. The van der Waals surface area contributed by atoms with Gasteiger partial charge in [0.2, 0.25) is 0 Å². The first-order valence-corrected chi connectivity index (χ1v) is 8.65. The second-order valence-electron chi connectivity index (χ2n) is 6.38. The van der Waals surface area contributed by atoms with Gasteiger partial charge in [0.05, 0.1) is 16.5 Å². The third-order valence-corrected chi connectivity index (χ3v) is 5.23. The Morgan fingerprint density at radius 2 is 2.04 bits per heavy atom. The van der Waals surface area contributed by atoms with E-state index in [1.54, 1.807) is 23.9 Å². The number of fused-ring (bicyclic) bond motifs is 3. The molecule has 0 aliphatic rings. The third-order valence-electron chi connectivity index (χ3n) is 3.95. The molecule has 4 rings (SSSR count). The van der Waals surface area contributed by atoms with Crippen molar-refractivity contribution in [2.45, 2.75) is 27.2 Å². The number of furan rings is 1. The molecule has 1 aromatic carbocycles. The zero-order valence-electron chi connectivity index (χ0n) is 13.5. The highest BCUT2D eigenvalue weighted by Crippen LogP contribution is 2.39. The molecule has 0 saturated heterocycles. The fraction of sp³-hybridized carbons (Fsp3) is 0.263. The number of nitrogens with zero attached hydrogens (tertiary/aromatic N) is 2. The van der Waals surface area contributed by atoms with Crippen molar-refractivity contribution in [1.82, 2.24) is 9.97 Å². The van der Waals surface area contributed by atoms with E-state index in [4.69, 9.17) is 4.42 Å². The van der Waals surface area contributed by atoms with Gasteiger partial charge < -0.3 is 4.42 Å². The molecular weight excluding hydrogens is 304 g/mol. The van der Waals surface area contributed by atoms with E-state index in [2.05, 4.69) is 42.0 Å². The van der Waals surface area contributed by atoms with E-state index in [9.17, 15) is 0 Å². The fourth-order valence-electron chi connectivity index (χ4n) is 2.99. The van der Waals surface area contributed by atoms with E-state index in [1.165, 1.54) is 15.6 Å². The highest BCUT2D eigenvalue weighted by Gasteiger charge is 2.16. The van der Waals surface area contributed by atoms with Crippen LogP contribution in [0.15, 0.2) is 41.3 Å². The molecule has 0 aliphatic heterocycles. The van der Waals surface area contributed by atoms with Crippen LogP contribution in [-0.4, -0.2) is 9.97 Å². The van der Waals surface area contributed by atoms with Gasteiger partial charge in [0.1, 0.15) is 12.0 Å². The predicted molar refractivity (Wildman–Crippen MR) is 95.9 cm³/mol. The fourth-order valence-corrected chi connectivity index (χ4v) is 4.26. The molecule has 116 valence electrons. The van der Waals surface area contributed by atoms with Crippen LogP contribution in [0.3, 0.4) is 0 Å². The Kier molecular flexibility index (Phi) is 3.42. The highest BCUT2D eigenvalue weighted by molar-refractivity contribution is 7.26. The molecule has 4 heteroatoms. The van der Waals surface area contributed by atoms with Crippen molar-refractivity contribution in [1.29, 1.82) is 0 Å². The van der Waals surface area contributed by atoms with Gasteiger partial charge in [0, 0.05) is 10.1 Å². The number of aromatic nitrogens is 2. The summed E-state index contributed by atoms with van der Waals surface area (Å²) in [5.41, 5.74) is 4.41. The minimum Gasteiger partial charge on any atom is -0.462 e. The van der Waals surface area contributed by atoms with Gasteiger partial charge in [-0.05, 0) is 36.5 Å². The maximum Gasteiger partial charge on any atom is 0.154 e. The van der Waals surface area contributed by atoms with E-state index in [-0.39, 0.29) is 0 Å².